The number of aromatic nitrogens is 3. The van der Waals surface area contributed by atoms with Gasteiger partial charge in [-0.25, -0.2) is 18.2 Å². The number of benzene rings is 3. The summed E-state index contributed by atoms with van der Waals surface area (Å²) in [5, 5.41) is 16.5. The molecule has 0 unspecified atom stereocenters. The zero-order valence-electron chi connectivity index (χ0n) is 27.1. The first-order valence-corrected chi connectivity index (χ1v) is 16.3. The fourth-order valence-electron chi connectivity index (χ4n) is 4.75. The number of nitrogens with two attached hydrogens (primary N) is 1. The van der Waals surface area contributed by atoms with Crippen LogP contribution in [-0.4, -0.2) is 58.7 Å². The van der Waals surface area contributed by atoms with Gasteiger partial charge in [-0.05, 0) is 42.3 Å². The fraction of sp³-hybridized carbons (Fsp3) is 0.133. The minimum Gasteiger partial charge on any atom is -0.744 e. The van der Waals surface area contributed by atoms with Crippen molar-refractivity contribution >= 4 is 68.4 Å². The molecule has 1 heterocycles. The summed E-state index contributed by atoms with van der Waals surface area (Å²) >= 11 is 6.39. The zero-order valence-corrected chi connectivity index (χ0v) is 33.4. The van der Waals surface area contributed by atoms with Gasteiger partial charge in [-0.1, -0.05) is 36.9 Å². The molecule has 0 bridgehead atoms. The molecule has 51 heavy (non-hydrogen) atoms. The summed E-state index contributed by atoms with van der Waals surface area (Å²) in [7, 11) is -5.11. The van der Waals surface area contributed by atoms with Crippen molar-refractivity contribution in [1.29, 1.82) is 0 Å². The molecule has 0 spiro atoms. The molecule has 0 saturated heterocycles. The largest absolute Gasteiger partial charge is 1.00 e. The van der Waals surface area contributed by atoms with E-state index in [4.69, 9.17) is 26.8 Å². The van der Waals surface area contributed by atoms with E-state index in [0.717, 1.165) is 6.07 Å². The Morgan fingerprint density at radius 3 is 2.29 bits per heavy atom. The Bertz CT molecular complexity index is 2140. The van der Waals surface area contributed by atoms with Crippen LogP contribution in [0.25, 0.3) is 0 Å². The number of nitrogens with zero attached hydrogens (tertiary/aromatic N) is 3. The quantitative estimate of drug-likeness (QED) is 0.0138. The Labute approximate surface area is 343 Å². The molecule has 3 aromatic carbocycles. The van der Waals surface area contributed by atoms with Crippen LogP contribution in [-0.2, 0) is 35.4 Å². The molecule has 1 aliphatic carbocycles. The van der Waals surface area contributed by atoms with Crippen molar-refractivity contribution in [2.24, 2.45) is 0 Å². The molecule has 5 rings (SSSR count). The van der Waals surface area contributed by atoms with Gasteiger partial charge in [-0.2, -0.15) is 14.3 Å². The second kappa shape index (κ2) is 18.2. The molecule has 16 nitrogen and oxygen atoms in total. The van der Waals surface area contributed by atoms with E-state index < -0.39 is 32.5 Å². The number of carbonyl (C=O) groups is 3. The van der Waals surface area contributed by atoms with Gasteiger partial charge >= 0.3 is 71.1 Å². The Hall–Kier alpha value is -2.95. The van der Waals surface area contributed by atoms with Crippen molar-refractivity contribution < 1.29 is 111 Å². The van der Waals surface area contributed by atoms with Gasteiger partial charge in [0, 0.05) is 23.1 Å². The van der Waals surface area contributed by atoms with E-state index in [1.807, 2.05) is 0 Å². The summed E-state index contributed by atoms with van der Waals surface area (Å²) in [4.78, 5) is 50.2. The van der Waals surface area contributed by atoms with Gasteiger partial charge in [0.05, 0.1) is 50.0 Å². The third-order valence-electron chi connectivity index (χ3n) is 6.83. The van der Waals surface area contributed by atoms with Crippen LogP contribution in [0.4, 0.5) is 17.1 Å². The minimum atomic E-state index is -5.11. The molecule has 3 N–H and O–H groups in total. The van der Waals surface area contributed by atoms with Crippen LogP contribution in [0, 0.1) is 0 Å². The third-order valence-corrected chi connectivity index (χ3v) is 8.53. The number of nitrogens with one attached hydrogen (secondary N) is 1. The number of hydrogen-bond donors (Lipinski definition) is 2. The Morgan fingerprint density at radius 2 is 1.67 bits per heavy atom. The number of fused-ring (bicyclic) bond motifs is 2. The second-order valence-corrected chi connectivity index (χ2v) is 12.6. The van der Waals surface area contributed by atoms with E-state index in [0.29, 0.717) is 17.6 Å². The van der Waals surface area contributed by atoms with Crippen LogP contribution < -0.4 is 80.2 Å². The smallest absolute Gasteiger partial charge is 0.744 e. The van der Waals surface area contributed by atoms with Gasteiger partial charge in [0.25, 0.3) is 0 Å². The van der Waals surface area contributed by atoms with Gasteiger partial charge < -0.3 is 30.3 Å². The average molecular weight is 774 g/mol. The van der Waals surface area contributed by atoms with Crippen LogP contribution in [0.3, 0.4) is 0 Å². The molecular weight excluding hydrogens is 752 g/mol. The number of anilines is 3. The summed E-state index contributed by atoms with van der Waals surface area (Å²) in [5.41, 5.74) is 5.85. The van der Waals surface area contributed by atoms with Crippen LogP contribution in [0.1, 0.15) is 50.2 Å². The first kappa shape index (κ1) is 42.5. The van der Waals surface area contributed by atoms with Gasteiger partial charge in [-0.3, -0.25) is 14.6 Å². The SMILES string of the molecule is C=C(C)C(=O)OCCOc1nc(Cl)nc(Cc2ccc(S(=O)(=O)[O-])c(Nc3cc(SOO[O-])c(N)c4c3C(=O)c3ccccc3C4=O)c2)n1.[Na+].[Na+]. The molecule has 0 fully saturated rings. The van der Waals surface area contributed by atoms with E-state index in [1.165, 1.54) is 37.3 Å². The first-order chi connectivity index (χ1) is 23.3. The van der Waals surface area contributed by atoms with Gasteiger partial charge in [0.15, 0.2) is 11.6 Å². The molecule has 254 valence electrons. The molecule has 0 aliphatic heterocycles. The second-order valence-electron chi connectivity index (χ2n) is 10.2. The summed E-state index contributed by atoms with van der Waals surface area (Å²) in [6.45, 7) is 4.72. The number of esters is 1. The molecule has 4 aromatic rings. The monoisotopic (exact) mass is 773 g/mol. The van der Waals surface area contributed by atoms with Gasteiger partial charge in [0.2, 0.25) is 5.28 Å². The van der Waals surface area contributed by atoms with Crippen LogP contribution >= 0.6 is 23.6 Å². The van der Waals surface area contributed by atoms with E-state index in [9.17, 15) is 32.6 Å². The summed E-state index contributed by atoms with van der Waals surface area (Å²) in [6, 6.07) is 10.7. The standard InChI is InChI=1S/C30H24ClN5O11S2.2Na/c1-14(2)28(39)44-9-10-45-30-35-22(34-29(31)36-30)12-15-7-8-21(49(41,42)43)18(11-15)33-19-13-20(48-47-46-40)25(32)24-23(19)26(37)16-5-3-4-6-17(16)27(24)38;;/h3-8,11,13,33,40H,1,9-10,12,32H2,2H3,(H,41,42,43);;/q;2*+1/p-2. The summed E-state index contributed by atoms with van der Waals surface area (Å²) < 4.78 is 51.7. The van der Waals surface area contributed by atoms with E-state index in [-0.39, 0.29) is 146 Å². The van der Waals surface area contributed by atoms with Crippen molar-refractivity contribution in [1.82, 2.24) is 15.0 Å². The average Bonchev–Trinajstić information content (AvgIpc) is 3.04. The van der Waals surface area contributed by atoms with E-state index in [1.54, 1.807) is 12.1 Å². The number of nitrogen functional groups attached to an aromatic ring is 1. The van der Waals surface area contributed by atoms with Crippen molar-refractivity contribution in [3.05, 3.63) is 99.6 Å². The number of ether oxygens (including phenoxy) is 2. The fourth-order valence-corrected chi connectivity index (χ4v) is 5.99. The molecule has 0 amide bonds. The maximum Gasteiger partial charge on any atom is 1.00 e. The van der Waals surface area contributed by atoms with Crippen LogP contribution in [0.2, 0.25) is 5.28 Å². The van der Waals surface area contributed by atoms with Gasteiger partial charge in [-0.15, -0.1) is 0 Å². The number of ketones is 2. The predicted octanol–water partition coefficient (Wildman–Crippen LogP) is -3.14. The Morgan fingerprint density at radius 1 is 1.00 bits per heavy atom. The van der Waals surface area contributed by atoms with E-state index >= 15 is 0 Å². The van der Waals surface area contributed by atoms with Crippen molar-refractivity contribution in [3.63, 3.8) is 0 Å². The normalized spacial score (nSPS) is 11.8. The molecule has 21 heteroatoms. The van der Waals surface area contributed by atoms with E-state index in [2.05, 4.69) is 36.2 Å². The Kier molecular flexibility index (Phi) is 15.1. The van der Waals surface area contributed by atoms with Crippen LogP contribution in [0.5, 0.6) is 6.01 Å². The molecule has 0 radical (unpaired) electrons. The third kappa shape index (κ3) is 9.93. The van der Waals surface area contributed by atoms with Crippen molar-refractivity contribution in [2.75, 3.05) is 24.3 Å². The van der Waals surface area contributed by atoms with Gasteiger partial charge in [0.1, 0.15) is 29.2 Å². The number of halogens is 1. The van der Waals surface area contributed by atoms with Crippen molar-refractivity contribution in [3.8, 4) is 6.01 Å². The first-order valence-electron chi connectivity index (χ1n) is 13.8. The number of rotatable bonds is 13. The zero-order chi connectivity index (χ0) is 35.5. The number of carbonyl (C=O) groups excluding carboxylic acids is 3. The topological polar surface area (TPSA) is 245 Å². The summed E-state index contributed by atoms with van der Waals surface area (Å²) in [6.07, 6.45) is -0.0858. The van der Waals surface area contributed by atoms with Crippen molar-refractivity contribution in [2.45, 2.75) is 23.1 Å². The van der Waals surface area contributed by atoms with Crippen LogP contribution in [0.15, 0.2) is 70.5 Å². The molecular formula is C30H22ClN5Na2O11S2. The molecule has 0 saturated carbocycles. The predicted molar refractivity (Wildman–Crippen MR) is 169 cm³/mol. The minimum absolute atomic E-state index is 0. The summed E-state index contributed by atoms with van der Waals surface area (Å²) in [5.74, 6) is -1.78. The number of hydrogen-bond acceptors (Lipinski definition) is 17. The molecule has 1 aromatic heterocycles. The Balaban J connectivity index is 0.00000351. The molecule has 1 aliphatic rings. The maximum absolute atomic E-state index is 13.7. The molecule has 0 atom stereocenters. The maximum atomic E-state index is 13.7.